The van der Waals surface area contributed by atoms with Crippen LogP contribution in [0, 0.1) is 31.6 Å². The summed E-state index contributed by atoms with van der Waals surface area (Å²) < 4.78 is 5.15. The van der Waals surface area contributed by atoms with Gasteiger partial charge in [0.15, 0.2) is 0 Å². The summed E-state index contributed by atoms with van der Waals surface area (Å²) >= 11 is 1.80. The first-order chi connectivity index (χ1) is 15.9. The van der Waals surface area contributed by atoms with Gasteiger partial charge in [-0.25, -0.2) is 0 Å². The number of thiophene rings is 1. The molecule has 34 heavy (non-hydrogen) atoms. The molecule has 4 aliphatic rings. The molecule has 3 saturated carbocycles. The molecule has 2 heteroatoms. The van der Waals surface area contributed by atoms with E-state index in [9.17, 15) is 0 Å². The highest BCUT2D eigenvalue weighted by Gasteiger charge is 2.08. The van der Waals surface area contributed by atoms with Crippen LogP contribution < -0.4 is 0 Å². The number of hydrogen-bond acceptors (Lipinski definition) is 2. The van der Waals surface area contributed by atoms with Crippen molar-refractivity contribution < 1.29 is 4.74 Å². The van der Waals surface area contributed by atoms with Crippen molar-refractivity contribution in [2.45, 2.75) is 158 Å². The minimum atomic E-state index is 0. The van der Waals surface area contributed by atoms with E-state index in [2.05, 4.69) is 53.0 Å². The molecule has 1 aliphatic heterocycles. The second-order valence-corrected chi connectivity index (χ2v) is 12.5. The first-order valence-electron chi connectivity index (χ1n) is 14.5. The van der Waals surface area contributed by atoms with Crippen molar-refractivity contribution in [3.8, 4) is 0 Å². The van der Waals surface area contributed by atoms with Gasteiger partial charge >= 0.3 is 0 Å². The lowest BCUT2D eigenvalue weighted by atomic mass is 9.91. The van der Waals surface area contributed by atoms with E-state index in [0.717, 1.165) is 24.4 Å². The highest BCUT2D eigenvalue weighted by Crippen LogP contribution is 2.23. The molecule has 0 spiro atoms. The van der Waals surface area contributed by atoms with E-state index in [0.29, 0.717) is 6.10 Å². The molecule has 3 aliphatic carbocycles. The predicted octanol–water partition coefficient (Wildman–Crippen LogP) is 11.6. The molecule has 1 atom stereocenters. The summed E-state index contributed by atoms with van der Waals surface area (Å²) in [6, 6.07) is 2.14. The van der Waals surface area contributed by atoms with Crippen molar-refractivity contribution in [1.82, 2.24) is 0 Å². The van der Waals surface area contributed by atoms with Gasteiger partial charge in [0.1, 0.15) is 0 Å². The fourth-order valence-electron chi connectivity index (χ4n) is 4.93. The third kappa shape index (κ3) is 18.9. The molecule has 1 nitrogen and oxygen atoms in total. The highest BCUT2D eigenvalue weighted by atomic mass is 32.1. The summed E-state index contributed by atoms with van der Waals surface area (Å²) in [4.78, 5) is 1.43. The van der Waals surface area contributed by atoms with Crippen LogP contribution in [0.4, 0.5) is 0 Å². The fourth-order valence-corrected chi connectivity index (χ4v) is 5.66. The number of ether oxygens (including phenoxy) is 1. The van der Waals surface area contributed by atoms with E-state index in [1.165, 1.54) is 113 Å². The SMILES string of the molecule is C.CC1CCCC1.CC1CCCCC1.CC1CCCCC1.C[C@H]1CCCO1.Cc1ccsc1C. The predicted molar refractivity (Wildman–Crippen MR) is 157 cm³/mol. The lowest BCUT2D eigenvalue weighted by Crippen LogP contribution is -1.99. The maximum atomic E-state index is 5.15. The number of aryl methyl sites for hydroxylation is 2. The maximum absolute atomic E-state index is 5.15. The summed E-state index contributed by atoms with van der Waals surface area (Å²) in [5.41, 5.74) is 1.41. The zero-order valence-electron chi connectivity index (χ0n) is 23.3. The molecule has 2 heterocycles. The van der Waals surface area contributed by atoms with E-state index in [1.54, 1.807) is 11.3 Å². The first-order valence-corrected chi connectivity index (χ1v) is 15.4. The van der Waals surface area contributed by atoms with Crippen molar-refractivity contribution in [3.63, 3.8) is 0 Å². The van der Waals surface area contributed by atoms with Gasteiger partial charge in [-0.1, -0.05) is 118 Å². The third-order valence-corrected chi connectivity index (χ3v) is 8.65. The van der Waals surface area contributed by atoms with E-state index in [1.807, 2.05) is 0 Å². The Kier molecular flexibility index (Phi) is 21.7. The topological polar surface area (TPSA) is 9.23 Å². The van der Waals surface area contributed by atoms with E-state index >= 15 is 0 Å². The number of rotatable bonds is 0. The monoisotopic (exact) mass is 494 g/mol. The molecular weight excluding hydrogens is 432 g/mol. The molecule has 0 bridgehead atoms. The number of hydrogen-bond donors (Lipinski definition) is 0. The van der Waals surface area contributed by atoms with Crippen LogP contribution in [-0.2, 0) is 4.74 Å². The van der Waals surface area contributed by atoms with E-state index in [-0.39, 0.29) is 7.43 Å². The molecule has 0 radical (unpaired) electrons. The Morgan fingerprint density at radius 3 is 1.15 bits per heavy atom. The van der Waals surface area contributed by atoms with Crippen LogP contribution in [0.15, 0.2) is 11.4 Å². The first kappa shape index (κ1) is 33.7. The molecule has 4 fully saturated rings. The Morgan fingerprint density at radius 2 is 1.03 bits per heavy atom. The van der Waals surface area contributed by atoms with Crippen molar-refractivity contribution in [3.05, 3.63) is 21.9 Å². The summed E-state index contributed by atoms with van der Waals surface area (Å²) in [6.07, 6.45) is 23.9. The van der Waals surface area contributed by atoms with Gasteiger partial charge in [-0.3, -0.25) is 0 Å². The molecule has 202 valence electrons. The quantitative estimate of drug-likeness (QED) is 0.348. The van der Waals surface area contributed by atoms with Gasteiger partial charge in [-0.15, -0.1) is 11.3 Å². The van der Waals surface area contributed by atoms with Crippen molar-refractivity contribution in [2.75, 3.05) is 6.61 Å². The summed E-state index contributed by atoms with van der Waals surface area (Å²) in [6.45, 7) is 14.4. The van der Waals surface area contributed by atoms with E-state index < -0.39 is 0 Å². The second kappa shape index (κ2) is 21.9. The van der Waals surface area contributed by atoms with Crippen molar-refractivity contribution in [1.29, 1.82) is 0 Å². The molecule has 1 aromatic heterocycles. The van der Waals surface area contributed by atoms with Gasteiger partial charge in [0.25, 0.3) is 0 Å². The molecule has 0 aromatic carbocycles. The van der Waals surface area contributed by atoms with Crippen LogP contribution in [0.3, 0.4) is 0 Å². The molecule has 1 aromatic rings. The largest absolute Gasteiger partial charge is 0.379 e. The molecule has 0 N–H and O–H groups in total. The Labute approximate surface area is 219 Å². The van der Waals surface area contributed by atoms with E-state index in [4.69, 9.17) is 4.74 Å². The van der Waals surface area contributed by atoms with Gasteiger partial charge < -0.3 is 4.74 Å². The van der Waals surface area contributed by atoms with Crippen LogP contribution >= 0.6 is 11.3 Å². The van der Waals surface area contributed by atoms with Crippen LogP contribution in [-0.4, -0.2) is 12.7 Å². The van der Waals surface area contributed by atoms with Gasteiger partial charge in [0.2, 0.25) is 0 Å². The second-order valence-electron chi connectivity index (χ2n) is 11.4. The lowest BCUT2D eigenvalue weighted by molar-refractivity contribution is 0.125. The van der Waals surface area contributed by atoms with Crippen molar-refractivity contribution in [2.24, 2.45) is 17.8 Å². The summed E-state index contributed by atoms with van der Waals surface area (Å²) in [7, 11) is 0. The Balaban J connectivity index is 0.000000398. The standard InChI is InChI=1S/2C7H14.C6H8S.C6H12.C5H10O.CH4/c2*1-7-5-3-2-4-6-7;1-5-3-4-7-6(5)2;1-6-4-2-3-5-6;1-5-3-2-4-6-5;/h2*7H,2-6H2,1H3;3-4H,1-2H3;6H,2-5H2,1H3;5H,2-4H2,1H3;1H4/t;;;;5-;/m....0./s1. The Bertz CT molecular complexity index is 480. The minimum Gasteiger partial charge on any atom is -0.379 e. The normalized spacial score (nSPS) is 22.9. The zero-order valence-corrected chi connectivity index (χ0v) is 24.1. The summed E-state index contributed by atoms with van der Waals surface area (Å²) in [5, 5.41) is 2.12. The van der Waals surface area contributed by atoms with Crippen molar-refractivity contribution >= 4 is 11.3 Å². The van der Waals surface area contributed by atoms with Crippen LogP contribution in [0.2, 0.25) is 0 Å². The van der Waals surface area contributed by atoms with Gasteiger partial charge in [-0.05, 0) is 68.4 Å². The Morgan fingerprint density at radius 1 is 0.618 bits per heavy atom. The summed E-state index contributed by atoms with van der Waals surface area (Å²) in [5.74, 6) is 3.12. The molecule has 5 rings (SSSR count). The average molecular weight is 495 g/mol. The lowest BCUT2D eigenvalue weighted by Gasteiger charge is -2.15. The van der Waals surface area contributed by atoms with Crippen LogP contribution in [0.5, 0.6) is 0 Å². The molecular formula is C32H62OS. The van der Waals surface area contributed by atoms with Gasteiger partial charge in [-0.2, -0.15) is 0 Å². The molecule has 1 saturated heterocycles. The highest BCUT2D eigenvalue weighted by molar-refractivity contribution is 7.10. The fraction of sp³-hybridized carbons (Fsp3) is 0.875. The zero-order chi connectivity index (χ0) is 24.3. The Hall–Kier alpha value is -0.340. The van der Waals surface area contributed by atoms with Gasteiger partial charge in [0.05, 0.1) is 6.10 Å². The molecule has 0 amide bonds. The minimum absolute atomic E-state index is 0. The third-order valence-electron chi connectivity index (χ3n) is 7.71. The van der Waals surface area contributed by atoms with Crippen LogP contribution in [0.25, 0.3) is 0 Å². The van der Waals surface area contributed by atoms with Gasteiger partial charge in [0, 0.05) is 11.5 Å². The van der Waals surface area contributed by atoms with Crippen LogP contribution in [0.1, 0.15) is 148 Å². The molecule has 0 unspecified atom stereocenters. The smallest absolute Gasteiger partial charge is 0.0547 e. The maximum Gasteiger partial charge on any atom is 0.0547 e. The average Bonchev–Trinajstić information content (AvgIpc) is 3.57.